The summed E-state index contributed by atoms with van der Waals surface area (Å²) in [5.74, 6) is -0.899. The van der Waals surface area contributed by atoms with Crippen LogP contribution in [0.15, 0.2) is 41.8 Å². The SMILES string of the molecule is O=C(O)Cc1ccc(C(=O)c2cccs2)cc1. The minimum Gasteiger partial charge on any atom is -0.481 e. The summed E-state index contributed by atoms with van der Waals surface area (Å²) >= 11 is 1.40. The second-order valence-electron chi connectivity index (χ2n) is 3.57. The monoisotopic (exact) mass is 246 g/mol. The lowest BCUT2D eigenvalue weighted by molar-refractivity contribution is -0.136. The molecule has 0 unspecified atom stereocenters. The molecule has 0 radical (unpaired) electrons. The molecule has 0 aliphatic rings. The Morgan fingerprint density at radius 2 is 1.82 bits per heavy atom. The minimum absolute atomic E-state index is 0.0204. The van der Waals surface area contributed by atoms with Crippen molar-refractivity contribution in [1.29, 1.82) is 0 Å². The molecule has 86 valence electrons. The van der Waals surface area contributed by atoms with Gasteiger partial charge in [-0.2, -0.15) is 0 Å². The Morgan fingerprint density at radius 3 is 2.35 bits per heavy atom. The van der Waals surface area contributed by atoms with E-state index in [9.17, 15) is 9.59 Å². The van der Waals surface area contributed by atoms with Gasteiger partial charge in [-0.05, 0) is 17.0 Å². The van der Waals surface area contributed by atoms with Gasteiger partial charge in [0, 0.05) is 5.56 Å². The average Bonchev–Trinajstić information content (AvgIpc) is 2.82. The van der Waals surface area contributed by atoms with Crippen molar-refractivity contribution in [1.82, 2.24) is 0 Å². The lowest BCUT2D eigenvalue weighted by Crippen LogP contribution is -2.02. The number of carboxylic acid groups (broad SMARTS) is 1. The fraction of sp³-hybridized carbons (Fsp3) is 0.0769. The van der Waals surface area contributed by atoms with Crippen LogP contribution in [0.4, 0.5) is 0 Å². The molecule has 3 nitrogen and oxygen atoms in total. The summed E-state index contributed by atoms with van der Waals surface area (Å²) in [5.41, 5.74) is 1.28. The van der Waals surface area contributed by atoms with Crippen LogP contribution >= 0.6 is 11.3 Å². The van der Waals surface area contributed by atoms with Gasteiger partial charge in [-0.1, -0.05) is 30.3 Å². The Hall–Kier alpha value is -1.94. The number of hydrogen-bond acceptors (Lipinski definition) is 3. The quantitative estimate of drug-likeness (QED) is 0.844. The maximum Gasteiger partial charge on any atom is 0.307 e. The summed E-state index contributed by atoms with van der Waals surface area (Å²) in [6.45, 7) is 0. The van der Waals surface area contributed by atoms with E-state index in [2.05, 4.69) is 0 Å². The molecule has 17 heavy (non-hydrogen) atoms. The zero-order valence-electron chi connectivity index (χ0n) is 8.92. The number of benzene rings is 1. The normalized spacial score (nSPS) is 10.1. The Morgan fingerprint density at radius 1 is 1.12 bits per heavy atom. The predicted molar refractivity (Wildman–Crippen MR) is 65.5 cm³/mol. The third kappa shape index (κ3) is 2.79. The van der Waals surface area contributed by atoms with Crippen molar-refractivity contribution in [2.24, 2.45) is 0 Å². The van der Waals surface area contributed by atoms with E-state index in [1.165, 1.54) is 11.3 Å². The molecule has 2 aromatic rings. The van der Waals surface area contributed by atoms with Crippen molar-refractivity contribution in [3.05, 3.63) is 57.8 Å². The fourth-order valence-electron chi connectivity index (χ4n) is 1.50. The van der Waals surface area contributed by atoms with Crippen LogP contribution < -0.4 is 0 Å². The van der Waals surface area contributed by atoms with Crippen LogP contribution in [0, 0.1) is 0 Å². The molecular formula is C13H10O3S. The molecule has 1 heterocycles. The first-order valence-corrected chi connectivity index (χ1v) is 5.94. The first kappa shape index (κ1) is 11.5. The van der Waals surface area contributed by atoms with Gasteiger partial charge < -0.3 is 5.11 Å². The van der Waals surface area contributed by atoms with Crippen LogP contribution in [0.5, 0.6) is 0 Å². The van der Waals surface area contributed by atoms with E-state index < -0.39 is 5.97 Å². The standard InChI is InChI=1S/C13H10O3S/c14-12(15)8-9-3-5-10(6-4-9)13(16)11-2-1-7-17-11/h1-7H,8H2,(H,14,15). The summed E-state index contributed by atoms with van der Waals surface area (Å²) < 4.78 is 0. The summed E-state index contributed by atoms with van der Waals surface area (Å²) in [6, 6.07) is 10.3. The fourth-order valence-corrected chi connectivity index (χ4v) is 2.18. The molecular weight excluding hydrogens is 236 g/mol. The maximum absolute atomic E-state index is 11.9. The number of ketones is 1. The number of carbonyl (C=O) groups excluding carboxylic acids is 1. The second kappa shape index (κ2) is 4.93. The van der Waals surface area contributed by atoms with Gasteiger partial charge in [0.05, 0.1) is 11.3 Å². The Kier molecular flexibility index (Phi) is 3.35. The van der Waals surface area contributed by atoms with E-state index in [0.717, 1.165) is 0 Å². The molecule has 0 spiro atoms. The van der Waals surface area contributed by atoms with Crippen molar-refractivity contribution < 1.29 is 14.7 Å². The van der Waals surface area contributed by atoms with Gasteiger partial charge in [-0.25, -0.2) is 0 Å². The molecule has 0 saturated heterocycles. The van der Waals surface area contributed by atoms with Crippen LogP contribution in [0.25, 0.3) is 0 Å². The Bertz CT molecular complexity index is 526. The molecule has 4 heteroatoms. The molecule has 1 aromatic heterocycles. The van der Waals surface area contributed by atoms with Crippen LogP contribution in [0.1, 0.15) is 20.8 Å². The van der Waals surface area contributed by atoms with E-state index >= 15 is 0 Å². The summed E-state index contributed by atoms with van der Waals surface area (Å²) in [7, 11) is 0. The van der Waals surface area contributed by atoms with E-state index in [-0.39, 0.29) is 12.2 Å². The highest BCUT2D eigenvalue weighted by Gasteiger charge is 2.09. The molecule has 2 rings (SSSR count). The van der Waals surface area contributed by atoms with Gasteiger partial charge in [-0.15, -0.1) is 11.3 Å². The number of carboxylic acids is 1. The number of carbonyl (C=O) groups is 2. The van der Waals surface area contributed by atoms with Crippen LogP contribution in [-0.2, 0) is 11.2 Å². The first-order valence-electron chi connectivity index (χ1n) is 5.06. The van der Waals surface area contributed by atoms with Gasteiger partial charge >= 0.3 is 5.97 Å². The molecule has 1 aromatic carbocycles. The highest BCUT2D eigenvalue weighted by molar-refractivity contribution is 7.12. The topological polar surface area (TPSA) is 54.4 Å². The van der Waals surface area contributed by atoms with Crippen molar-refractivity contribution in [2.45, 2.75) is 6.42 Å². The summed E-state index contributed by atoms with van der Waals surface area (Å²) in [6.07, 6.45) is -0.0204. The smallest absolute Gasteiger partial charge is 0.307 e. The zero-order chi connectivity index (χ0) is 12.3. The number of thiophene rings is 1. The maximum atomic E-state index is 11.9. The summed E-state index contributed by atoms with van der Waals surface area (Å²) in [5, 5.41) is 10.5. The number of rotatable bonds is 4. The minimum atomic E-state index is -0.873. The molecule has 0 aliphatic heterocycles. The molecule has 0 bridgehead atoms. The average molecular weight is 246 g/mol. The van der Waals surface area contributed by atoms with Crippen LogP contribution in [0.2, 0.25) is 0 Å². The molecule has 0 saturated carbocycles. The molecule has 0 amide bonds. The second-order valence-corrected chi connectivity index (χ2v) is 4.52. The number of aliphatic carboxylic acids is 1. The number of hydrogen-bond donors (Lipinski definition) is 1. The van der Waals surface area contributed by atoms with E-state index in [1.54, 1.807) is 30.3 Å². The largest absolute Gasteiger partial charge is 0.481 e. The molecule has 0 aliphatic carbocycles. The van der Waals surface area contributed by atoms with Gasteiger partial charge in [0.2, 0.25) is 5.78 Å². The van der Waals surface area contributed by atoms with Crippen molar-refractivity contribution in [3.63, 3.8) is 0 Å². The highest BCUT2D eigenvalue weighted by atomic mass is 32.1. The molecule has 0 atom stereocenters. The predicted octanol–water partition coefficient (Wildman–Crippen LogP) is 2.61. The van der Waals surface area contributed by atoms with Gasteiger partial charge in [0.25, 0.3) is 0 Å². The van der Waals surface area contributed by atoms with Crippen LogP contribution in [0.3, 0.4) is 0 Å². The Balaban J connectivity index is 2.18. The zero-order valence-corrected chi connectivity index (χ0v) is 9.74. The van der Waals surface area contributed by atoms with Gasteiger partial charge in [0.1, 0.15) is 0 Å². The van der Waals surface area contributed by atoms with Crippen molar-refractivity contribution >= 4 is 23.1 Å². The lowest BCUT2D eigenvalue weighted by Gasteiger charge is -2.00. The van der Waals surface area contributed by atoms with Gasteiger partial charge in [0.15, 0.2) is 0 Å². The third-order valence-corrected chi connectivity index (χ3v) is 3.19. The van der Waals surface area contributed by atoms with Crippen molar-refractivity contribution in [2.75, 3.05) is 0 Å². The molecule has 0 fully saturated rings. The first-order chi connectivity index (χ1) is 8.16. The third-order valence-electron chi connectivity index (χ3n) is 2.32. The van der Waals surface area contributed by atoms with E-state index in [4.69, 9.17) is 5.11 Å². The lowest BCUT2D eigenvalue weighted by atomic mass is 10.1. The van der Waals surface area contributed by atoms with E-state index in [0.29, 0.717) is 16.0 Å². The summed E-state index contributed by atoms with van der Waals surface area (Å²) in [4.78, 5) is 23.1. The van der Waals surface area contributed by atoms with E-state index in [1.807, 2.05) is 11.4 Å². The Labute approximate surface area is 102 Å². The van der Waals surface area contributed by atoms with Gasteiger partial charge in [-0.3, -0.25) is 9.59 Å². The highest BCUT2D eigenvalue weighted by Crippen LogP contribution is 2.15. The van der Waals surface area contributed by atoms with Crippen LogP contribution in [-0.4, -0.2) is 16.9 Å². The van der Waals surface area contributed by atoms with Crippen molar-refractivity contribution in [3.8, 4) is 0 Å². The molecule has 1 N–H and O–H groups in total.